The van der Waals surface area contributed by atoms with E-state index in [1.54, 1.807) is 12.1 Å². The highest BCUT2D eigenvalue weighted by molar-refractivity contribution is 7.17. The largest absolute Gasteiger partial charge is 0.282 e. The molecule has 0 fully saturated rings. The second-order valence-electron chi connectivity index (χ2n) is 3.18. The van der Waals surface area contributed by atoms with Gasteiger partial charge in [0.25, 0.3) is 0 Å². The average Bonchev–Trinajstić information content (AvgIpc) is 2.15. The number of halogens is 1. The van der Waals surface area contributed by atoms with Crippen LogP contribution in [0.1, 0.15) is 25.8 Å². The molecule has 0 aromatic heterocycles. The number of rotatable bonds is 3. The quantitative estimate of drug-likeness (QED) is 0.537. The standard InChI is InChI=1S/C11H15FNP/c1-3-11(13-8(2)14)9-4-6-10(12)7-5-9/h4-8H,3,14H2,1-2H3/t8-/m1/s1. The second-order valence-corrected chi connectivity index (χ2v) is 4.14. The van der Waals surface area contributed by atoms with Gasteiger partial charge in [-0.1, -0.05) is 19.1 Å². The van der Waals surface area contributed by atoms with Gasteiger partial charge < -0.3 is 0 Å². The highest BCUT2D eigenvalue weighted by Gasteiger charge is 2.01. The molecule has 14 heavy (non-hydrogen) atoms. The molecule has 0 heterocycles. The molecule has 0 amide bonds. The van der Waals surface area contributed by atoms with Crippen molar-refractivity contribution in [3.63, 3.8) is 0 Å². The topological polar surface area (TPSA) is 12.4 Å². The number of aliphatic imine (C=N–C) groups is 1. The van der Waals surface area contributed by atoms with E-state index in [9.17, 15) is 4.39 Å². The van der Waals surface area contributed by atoms with Crippen molar-refractivity contribution in [1.29, 1.82) is 0 Å². The monoisotopic (exact) mass is 211 g/mol. The summed E-state index contributed by atoms with van der Waals surface area (Å²) in [7, 11) is 2.63. The molecule has 0 bridgehead atoms. The predicted molar refractivity (Wildman–Crippen MR) is 62.4 cm³/mol. The summed E-state index contributed by atoms with van der Waals surface area (Å²) in [6.07, 6.45) is 0.865. The van der Waals surface area contributed by atoms with Gasteiger partial charge in [-0.25, -0.2) is 4.39 Å². The van der Waals surface area contributed by atoms with Crippen LogP contribution in [-0.2, 0) is 0 Å². The van der Waals surface area contributed by atoms with Crippen molar-refractivity contribution >= 4 is 15.0 Å². The zero-order chi connectivity index (χ0) is 10.6. The van der Waals surface area contributed by atoms with Crippen LogP contribution in [0.25, 0.3) is 0 Å². The highest BCUT2D eigenvalue weighted by Crippen LogP contribution is 2.10. The van der Waals surface area contributed by atoms with Crippen molar-refractivity contribution in [2.75, 3.05) is 0 Å². The lowest BCUT2D eigenvalue weighted by Gasteiger charge is -2.06. The fourth-order valence-corrected chi connectivity index (χ4v) is 1.44. The molecule has 1 aromatic carbocycles. The van der Waals surface area contributed by atoms with Gasteiger partial charge in [-0.05, 0) is 31.0 Å². The zero-order valence-electron chi connectivity index (χ0n) is 8.50. The van der Waals surface area contributed by atoms with Crippen LogP contribution in [0.3, 0.4) is 0 Å². The molecule has 0 saturated heterocycles. The number of hydrogen-bond donors (Lipinski definition) is 0. The van der Waals surface area contributed by atoms with E-state index in [-0.39, 0.29) is 11.6 Å². The Morgan fingerprint density at radius 1 is 1.43 bits per heavy atom. The molecule has 0 spiro atoms. The fraction of sp³-hybridized carbons (Fsp3) is 0.364. The summed E-state index contributed by atoms with van der Waals surface area (Å²) in [6, 6.07) is 6.47. The Hall–Kier alpha value is -0.750. The van der Waals surface area contributed by atoms with E-state index >= 15 is 0 Å². The molecule has 0 aliphatic rings. The lowest BCUT2D eigenvalue weighted by Crippen LogP contribution is -2.02. The molecular formula is C11H15FNP. The minimum Gasteiger partial charge on any atom is -0.282 e. The van der Waals surface area contributed by atoms with E-state index in [1.165, 1.54) is 12.1 Å². The normalized spacial score (nSPS) is 14.1. The van der Waals surface area contributed by atoms with Crippen LogP contribution in [-0.4, -0.2) is 11.5 Å². The molecule has 0 saturated carbocycles. The van der Waals surface area contributed by atoms with E-state index in [0.29, 0.717) is 0 Å². The summed E-state index contributed by atoms with van der Waals surface area (Å²) >= 11 is 0. The SMILES string of the molecule is CCC(=N[C@@H](C)P)c1ccc(F)cc1. The molecule has 3 heteroatoms. The first kappa shape index (κ1) is 11.3. The van der Waals surface area contributed by atoms with Crippen LogP contribution in [0.4, 0.5) is 4.39 Å². The van der Waals surface area contributed by atoms with E-state index in [1.807, 2.05) is 6.92 Å². The van der Waals surface area contributed by atoms with Gasteiger partial charge in [-0.2, -0.15) is 0 Å². The highest BCUT2D eigenvalue weighted by atomic mass is 31.0. The first-order valence-corrected chi connectivity index (χ1v) is 5.38. The van der Waals surface area contributed by atoms with Gasteiger partial charge in [0.2, 0.25) is 0 Å². The van der Waals surface area contributed by atoms with Gasteiger partial charge in [0.15, 0.2) is 0 Å². The summed E-state index contributed by atoms with van der Waals surface area (Å²) in [5.41, 5.74) is 2.02. The minimum atomic E-state index is -0.205. The Morgan fingerprint density at radius 3 is 2.43 bits per heavy atom. The van der Waals surface area contributed by atoms with Crippen molar-refractivity contribution in [3.05, 3.63) is 35.6 Å². The summed E-state index contributed by atoms with van der Waals surface area (Å²) < 4.78 is 12.7. The molecule has 0 aliphatic heterocycles. The van der Waals surface area contributed by atoms with Crippen LogP contribution < -0.4 is 0 Å². The molecule has 76 valence electrons. The van der Waals surface area contributed by atoms with E-state index in [0.717, 1.165) is 17.7 Å². The summed E-state index contributed by atoms with van der Waals surface area (Å²) in [6.45, 7) is 4.05. The van der Waals surface area contributed by atoms with Crippen molar-refractivity contribution < 1.29 is 4.39 Å². The lowest BCUT2D eigenvalue weighted by atomic mass is 10.1. The van der Waals surface area contributed by atoms with Crippen molar-refractivity contribution in [3.8, 4) is 0 Å². The maximum atomic E-state index is 12.7. The minimum absolute atomic E-state index is 0.204. The third-order valence-electron chi connectivity index (χ3n) is 1.87. The molecule has 2 atom stereocenters. The van der Waals surface area contributed by atoms with Crippen LogP contribution in [0.5, 0.6) is 0 Å². The van der Waals surface area contributed by atoms with Gasteiger partial charge in [0.1, 0.15) is 5.82 Å². The molecule has 1 rings (SSSR count). The van der Waals surface area contributed by atoms with E-state index in [2.05, 4.69) is 21.2 Å². The summed E-state index contributed by atoms with van der Waals surface area (Å²) in [4.78, 5) is 4.45. The number of nitrogens with zero attached hydrogens (tertiary/aromatic N) is 1. The maximum Gasteiger partial charge on any atom is 0.123 e. The first-order valence-electron chi connectivity index (χ1n) is 4.71. The van der Waals surface area contributed by atoms with E-state index < -0.39 is 0 Å². The van der Waals surface area contributed by atoms with Crippen LogP contribution in [0, 0.1) is 5.82 Å². The van der Waals surface area contributed by atoms with Crippen molar-refractivity contribution in [2.24, 2.45) is 4.99 Å². The molecule has 1 aromatic rings. The Kier molecular flexibility index (Phi) is 4.21. The van der Waals surface area contributed by atoms with Gasteiger partial charge in [0, 0.05) is 5.71 Å². The van der Waals surface area contributed by atoms with Crippen LogP contribution >= 0.6 is 9.24 Å². The average molecular weight is 211 g/mol. The molecule has 0 aliphatic carbocycles. The number of hydrogen-bond acceptors (Lipinski definition) is 1. The Balaban J connectivity index is 2.95. The first-order chi connectivity index (χ1) is 6.63. The van der Waals surface area contributed by atoms with Crippen LogP contribution in [0.2, 0.25) is 0 Å². The van der Waals surface area contributed by atoms with Crippen molar-refractivity contribution in [2.45, 2.75) is 26.1 Å². The molecule has 1 nitrogen and oxygen atoms in total. The molecular weight excluding hydrogens is 196 g/mol. The third-order valence-corrected chi connectivity index (χ3v) is 2.02. The summed E-state index contributed by atoms with van der Waals surface area (Å²) in [5, 5.41) is 0. The van der Waals surface area contributed by atoms with Gasteiger partial charge >= 0.3 is 0 Å². The van der Waals surface area contributed by atoms with Gasteiger partial charge in [0.05, 0.1) is 5.78 Å². The molecule has 0 N–H and O–H groups in total. The maximum absolute atomic E-state index is 12.7. The molecule has 0 radical (unpaired) electrons. The van der Waals surface area contributed by atoms with Crippen LogP contribution in [0.15, 0.2) is 29.3 Å². The lowest BCUT2D eigenvalue weighted by molar-refractivity contribution is 0.627. The van der Waals surface area contributed by atoms with Gasteiger partial charge in [-0.3, -0.25) is 4.99 Å². The number of benzene rings is 1. The molecule has 1 unspecified atom stereocenters. The van der Waals surface area contributed by atoms with E-state index in [4.69, 9.17) is 0 Å². The Bertz CT molecular complexity index is 317. The fourth-order valence-electron chi connectivity index (χ4n) is 1.26. The predicted octanol–water partition coefficient (Wildman–Crippen LogP) is 3.25. The smallest absolute Gasteiger partial charge is 0.123 e. The van der Waals surface area contributed by atoms with Crippen molar-refractivity contribution in [1.82, 2.24) is 0 Å². The zero-order valence-corrected chi connectivity index (χ0v) is 9.65. The second kappa shape index (κ2) is 5.21. The van der Waals surface area contributed by atoms with Gasteiger partial charge in [-0.15, -0.1) is 9.24 Å². The Labute approximate surface area is 86.6 Å². The summed E-state index contributed by atoms with van der Waals surface area (Å²) in [5.74, 6) is -0.00173. The third kappa shape index (κ3) is 3.19. The Morgan fingerprint density at radius 2 is 2.00 bits per heavy atom.